The van der Waals surface area contributed by atoms with E-state index in [2.05, 4.69) is 16.6 Å². The molecule has 0 saturated heterocycles. The zero-order valence-electron chi connectivity index (χ0n) is 7.25. The average Bonchev–Trinajstić information content (AvgIpc) is 2.03. The minimum atomic E-state index is -0.422. The third kappa shape index (κ3) is 7.24. The lowest BCUT2D eigenvalue weighted by Gasteiger charge is -2.06. The van der Waals surface area contributed by atoms with E-state index in [1.165, 1.54) is 0 Å². The van der Waals surface area contributed by atoms with Crippen LogP contribution in [0.3, 0.4) is 0 Å². The predicted octanol–water partition coefficient (Wildman–Crippen LogP) is -0.314. The van der Waals surface area contributed by atoms with E-state index in [9.17, 15) is 4.79 Å². The first-order valence-electron chi connectivity index (χ1n) is 3.84. The van der Waals surface area contributed by atoms with Gasteiger partial charge in [0.2, 0.25) is 0 Å². The quantitative estimate of drug-likeness (QED) is 0.328. The largest absolute Gasteiger partial charge is 0.461 e. The van der Waals surface area contributed by atoms with E-state index in [0.717, 1.165) is 6.08 Å². The van der Waals surface area contributed by atoms with Crippen LogP contribution in [0.2, 0.25) is 0 Å². The molecular weight excluding hydrogens is 158 g/mol. The third-order valence-electron chi connectivity index (χ3n) is 1.13. The Labute approximate surface area is 72.2 Å². The summed E-state index contributed by atoms with van der Waals surface area (Å²) in [6.07, 6.45) is 0.745. The second kappa shape index (κ2) is 6.82. The summed E-state index contributed by atoms with van der Waals surface area (Å²) >= 11 is 0. The van der Waals surface area contributed by atoms with Gasteiger partial charge < -0.3 is 15.2 Å². The van der Waals surface area contributed by atoms with Crippen LogP contribution in [0, 0.1) is 0 Å². The number of hydrogen-bond donors (Lipinski definition) is 2. The van der Waals surface area contributed by atoms with Crippen LogP contribution in [0.1, 0.15) is 6.92 Å². The SMILES string of the molecule is C=CC(=O)OCCNCC(C)O. The van der Waals surface area contributed by atoms with Crippen LogP contribution in [0.5, 0.6) is 0 Å². The molecule has 2 N–H and O–H groups in total. The van der Waals surface area contributed by atoms with Gasteiger partial charge in [-0.05, 0) is 6.92 Å². The summed E-state index contributed by atoms with van der Waals surface area (Å²) in [5.74, 6) is -0.422. The van der Waals surface area contributed by atoms with E-state index in [0.29, 0.717) is 19.7 Å². The molecule has 0 aliphatic heterocycles. The molecule has 0 aliphatic rings. The fourth-order valence-corrected chi connectivity index (χ4v) is 0.594. The van der Waals surface area contributed by atoms with E-state index in [1.54, 1.807) is 6.92 Å². The molecule has 4 heteroatoms. The van der Waals surface area contributed by atoms with Crippen molar-refractivity contribution in [3.8, 4) is 0 Å². The van der Waals surface area contributed by atoms with Crippen molar-refractivity contribution in [3.63, 3.8) is 0 Å². The lowest BCUT2D eigenvalue weighted by Crippen LogP contribution is -2.28. The summed E-state index contributed by atoms with van der Waals surface area (Å²) in [6.45, 7) is 6.29. The highest BCUT2D eigenvalue weighted by Gasteiger charge is 1.96. The highest BCUT2D eigenvalue weighted by atomic mass is 16.5. The molecule has 1 atom stereocenters. The van der Waals surface area contributed by atoms with Crippen molar-refractivity contribution in [2.75, 3.05) is 19.7 Å². The summed E-state index contributed by atoms with van der Waals surface area (Å²) in [5.41, 5.74) is 0. The zero-order chi connectivity index (χ0) is 9.40. The summed E-state index contributed by atoms with van der Waals surface area (Å²) < 4.78 is 4.67. The first-order chi connectivity index (χ1) is 5.66. The molecule has 0 amide bonds. The molecule has 12 heavy (non-hydrogen) atoms. The van der Waals surface area contributed by atoms with Gasteiger partial charge in [0.1, 0.15) is 6.61 Å². The number of carbonyl (C=O) groups is 1. The van der Waals surface area contributed by atoms with Crippen molar-refractivity contribution in [1.29, 1.82) is 0 Å². The summed E-state index contributed by atoms with van der Waals surface area (Å²) in [6, 6.07) is 0. The van der Waals surface area contributed by atoms with Gasteiger partial charge in [-0.3, -0.25) is 0 Å². The molecule has 0 radical (unpaired) electrons. The maximum absolute atomic E-state index is 10.5. The summed E-state index contributed by atoms with van der Waals surface area (Å²) in [7, 11) is 0. The van der Waals surface area contributed by atoms with Crippen molar-refractivity contribution >= 4 is 5.97 Å². The molecule has 70 valence electrons. The van der Waals surface area contributed by atoms with Crippen LogP contribution in [-0.4, -0.2) is 36.9 Å². The zero-order valence-corrected chi connectivity index (χ0v) is 7.25. The van der Waals surface area contributed by atoms with Crippen molar-refractivity contribution < 1.29 is 14.6 Å². The van der Waals surface area contributed by atoms with Crippen molar-refractivity contribution in [1.82, 2.24) is 5.32 Å². The Balaban J connectivity index is 3.11. The first kappa shape index (κ1) is 11.1. The Kier molecular flexibility index (Phi) is 6.32. The molecule has 0 aromatic heterocycles. The minimum Gasteiger partial charge on any atom is -0.461 e. The Bertz CT molecular complexity index is 145. The Morgan fingerprint density at radius 1 is 1.83 bits per heavy atom. The number of hydrogen-bond acceptors (Lipinski definition) is 4. The number of rotatable bonds is 6. The standard InChI is InChI=1S/C8H15NO3/c1-3-8(11)12-5-4-9-6-7(2)10/h3,7,9-10H,1,4-6H2,2H3. The Morgan fingerprint density at radius 3 is 3.00 bits per heavy atom. The topological polar surface area (TPSA) is 58.6 Å². The summed E-state index contributed by atoms with van der Waals surface area (Å²) in [5, 5.41) is 11.7. The molecule has 4 nitrogen and oxygen atoms in total. The number of ether oxygens (including phenoxy) is 1. The van der Waals surface area contributed by atoms with Crippen LogP contribution < -0.4 is 5.32 Å². The van der Waals surface area contributed by atoms with Crippen molar-refractivity contribution in [3.05, 3.63) is 12.7 Å². The molecule has 0 bridgehead atoms. The van der Waals surface area contributed by atoms with Gasteiger partial charge in [-0.2, -0.15) is 0 Å². The molecule has 0 heterocycles. The van der Waals surface area contributed by atoms with E-state index in [4.69, 9.17) is 5.11 Å². The second-order valence-corrected chi connectivity index (χ2v) is 2.42. The van der Waals surface area contributed by atoms with Gasteiger partial charge in [0.25, 0.3) is 0 Å². The van der Waals surface area contributed by atoms with Crippen LogP contribution in [0.15, 0.2) is 12.7 Å². The van der Waals surface area contributed by atoms with Gasteiger partial charge >= 0.3 is 5.97 Å². The molecular formula is C8H15NO3. The molecule has 0 spiro atoms. The van der Waals surface area contributed by atoms with Gasteiger partial charge in [0, 0.05) is 19.2 Å². The second-order valence-electron chi connectivity index (χ2n) is 2.42. The number of aliphatic hydroxyl groups is 1. The van der Waals surface area contributed by atoms with Gasteiger partial charge in [-0.25, -0.2) is 4.79 Å². The van der Waals surface area contributed by atoms with Gasteiger partial charge in [0.05, 0.1) is 6.10 Å². The highest BCUT2D eigenvalue weighted by Crippen LogP contribution is 1.78. The molecule has 1 unspecified atom stereocenters. The van der Waals surface area contributed by atoms with Crippen LogP contribution in [-0.2, 0) is 9.53 Å². The number of nitrogens with one attached hydrogen (secondary N) is 1. The number of aliphatic hydroxyl groups excluding tert-OH is 1. The lowest BCUT2D eigenvalue weighted by atomic mass is 10.4. The summed E-state index contributed by atoms with van der Waals surface area (Å²) in [4.78, 5) is 10.5. The normalized spacial score (nSPS) is 12.2. The third-order valence-corrected chi connectivity index (χ3v) is 1.13. The smallest absolute Gasteiger partial charge is 0.330 e. The van der Waals surface area contributed by atoms with Gasteiger partial charge in [-0.15, -0.1) is 0 Å². The Morgan fingerprint density at radius 2 is 2.50 bits per heavy atom. The fraction of sp³-hybridized carbons (Fsp3) is 0.625. The maximum atomic E-state index is 10.5. The predicted molar refractivity (Wildman–Crippen MR) is 45.7 cm³/mol. The van der Waals surface area contributed by atoms with Gasteiger partial charge in [0.15, 0.2) is 0 Å². The van der Waals surface area contributed by atoms with Crippen molar-refractivity contribution in [2.45, 2.75) is 13.0 Å². The minimum absolute atomic E-state index is 0.303. The van der Waals surface area contributed by atoms with Crippen LogP contribution in [0.25, 0.3) is 0 Å². The fourth-order valence-electron chi connectivity index (χ4n) is 0.594. The van der Waals surface area contributed by atoms with E-state index < -0.39 is 5.97 Å². The molecule has 0 rings (SSSR count). The number of esters is 1. The Hall–Kier alpha value is -0.870. The maximum Gasteiger partial charge on any atom is 0.330 e. The molecule has 0 saturated carbocycles. The average molecular weight is 173 g/mol. The highest BCUT2D eigenvalue weighted by molar-refractivity contribution is 5.81. The van der Waals surface area contributed by atoms with Gasteiger partial charge in [-0.1, -0.05) is 6.58 Å². The van der Waals surface area contributed by atoms with E-state index in [1.807, 2.05) is 0 Å². The van der Waals surface area contributed by atoms with Crippen molar-refractivity contribution in [2.24, 2.45) is 0 Å². The first-order valence-corrected chi connectivity index (χ1v) is 3.84. The van der Waals surface area contributed by atoms with E-state index >= 15 is 0 Å². The molecule has 0 aromatic carbocycles. The molecule has 0 aromatic rings. The van der Waals surface area contributed by atoms with Crippen LogP contribution in [0.4, 0.5) is 0 Å². The lowest BCUT2D eigenvalue weighted by molar-refractivity contribution is -0.137. The van der Waals surface area contributed by atoms with E-state index in [-0.39, 0.29) is 6.10 Å². The van der Waals surface area contributed by atoms with Crippen LogP contribution >= 0.6 is 0 Å². The molecule has 0 aliphatic carbocycles. The molecule has 0 fully saturated rings. The number of carbonyl (C=O) groups excluding carboxylic acids is 1. The monoisotopic (exact) mass is 173 g/mol.